The van der Waals surface area contributed by atoms with Gasteiger partial charge >= 0.3 is 5.97 Å². The molecule has 0 aliphatic rings. The van der Waals surface area contributed by atoms with Gasteiger partial charge in [0.15, 0.2) is 0 Å². The van der Waals surface area contributed by atoms with E-state index < -0.39 is 5.97 Å². The van der Waals surface area contributed by atoms with E-state index in [9.17, 15) is 14.3 Å². The first-order valence-electron chi connectivity index (χ1n) is 10.5. The molecule has 1 aromatic heterocycles. The fourth-order valence-corrected chi connectivity index (χ4v) is 3.98. The third kappa shape index (κ3) is 4.65. The minimum absolute atomic E-state index is 0.227. The molecule has 6 heteroatoms. The van der Waals surface area contributed by atoms with Gasteiger partial charge < -0.3 is 19.7 Å². The van der Waals surface area contributed by atoms with E-state index in [4.69, 9.17) is 4.74 Å². The zero-order valence-electron chi connectivity index (χ0n) is 17.8. The Kier molecular flexibility index (Phi) is 6.52. The molecule has 0 radical (unpaired) electrons. The molecule has 2 N–H and O–H groups in total. The lowest BCUT2D eigenvalue weighted by atomic mass is 10.1. The van der Waals surface area contributed by atoms with E-state index >= 15 is 0 Å². The molecule has 0 bridgehead atoms. The third-order valence-corrected chi connectivity index (χ3v) is 5.57. The number of benzene rings is 3. The van der Waals surface area contributed by atoms with Gasteiger partial charge in [0.1, 0.15) is 17.3 Å². The van der Waals surface area contributed by atoms with Crippen molar-refractivity contribution in [3.8, 4) is 5.75 Å². The molecule has 0 unspecified atom stereocenters. The number of carboxylic acids is 1. The molecule has 4 aromatic rings. The summed E-state index contributed by atoms with van der Waals surface area (Å²) in [6.45, 7) is 1.47. The van der Waals surface area contributed by atoms with Crippen molar-refractivity contribution in [1.82, 2.24) is 9.88 Å². The van der Waals surface area contributed by atoms with Crippen LogP contribution in [0.1, 0.15) is 27.2 Å². The number of fused-ring (bicyclic) bond motifs is 1. The number of ether oxygens (including phenoxy) is 1. The number of hydrogen-bond acceptors (Lipinski definition) is 3. The van der Waals surface area contributed by atoms with Crippen molar-refractivity contribution in [2.75, 3.05) is 13.7 Å². The maximum atomic E-state index is 13.4. The van der Waals surface area contributed by atoms with Crippen LogP contribution in [0.25, 0.3) is 10.9 Å². The van der Waals surface area contributed by atoms with Crippen LogP contribution in [0.5, 0.6) is 5.75 Å². The Morgan fingerprint density at radius 3 is 2.47 bits per heavy atom. The van der Waals surface area contributed by atoms with Crippen LogP contribution >= 0.6 is 0 Å². The van der Waals surface area contributed by atoms with Crippen molar-refractivity contribution in [3.63, 3.8) is 0 Å². The smallest absolute Gasteiger partial charge is 0.352 e. The van der Waals surface area contributed by atoms with Gasteiger partial charge in [0.2, 0.25) is 0 Å². The molecule has 5 nitrogen and oxygen atoms in total. The van der Waals surface area contributed by atoms with Gasteiger partial charge in [-0.05, 0) is 48.4 Å². The maximum Gasteiger partial charge on any atom is 0.352 e. The molecule has 0 spiro atoms. The normalized spacial score (nSPS) is 11.1. The molecule has 0 fully saturated rings. The first-order chi connectivity index (χ1) is 15.6. The second-order valence-electron chi connectivity index (χ2n) is 7.64. The van der Waals surface area contributed by atoms with E-state index in [0.29, 0.717) is 18.8 Å². The lowest BCUT2D eigenvalue weighted by Gasteiger charge is -2.10. The fraction of sp³-hybridized carbons (Fsp3) is 0.192. The predicted octanol–water partition coefficient (Wildman–Crippen LogP) is 4.87. The molecule has 0 aliphatic heterocycles. The Labute approximate surface area is 186 Å². The van der Waals surface area contributed by atoms with Gasteiger partial charge in [0.05, 0.1) is 12.6 Å². The molecule has 0 saturated heterocycles. The summed E-state index contributed by atoms with van der Waals surface area (Å²) in [6, 6.07) is 21.8. The minimum Gasteiger partial charge on any atom is -0.497 e. The van der Waals surface area contributed by atoms with Crippen LogP contribution in [0.4, 0.5) is 4.39 Å². The lowest BCUT2D eigenvalue weighted by Crippen LogP contribution is -2.19. The van der Waals surface area contributed by atoms with Crippen LogP contribution in [0.3, 0.4) is 0 Å². The standard InChI is InChI=1S/C26H25FN2O3/c1-32-21-11-12-22-23(16-28-14-13-18-5-3-2-4-6-18)25(26(30)31)29(24(22)15-21)17-19-7-9-20(27)10-8-19/h2-12,15,28H,13-14,16-17H2,1H3,(H,30,31). The number of hydrogen-bond donors (Lipinski definition) is 2. The second-order valence-corrected chi connectivity index (χ2v) is 7.64. The molecule has 0 amide bonds. The number of nitrogens with zero attached hydrogens (tertiary/aromatic N) is 1. The van der Waals surface area contributed by atoms with Crippen LogP contribution in [0, 0.1) is 5.82 Å². The van der Waals surface area contributed by atoms with Gasteiger partial charge in [-0.3, -0.25) is 0 Å². The van der Waals surface area contributed by atoms with E-state index in [-0.39, 0.29) is 11.5 Å². The Hall–Kier alpha value is -3.64. The Morgan fingerprint density at radius 1 is 1.03 bits per heavy atom. The number of carbonyl (C=O) groups is 1. The number of nitrogens with one attached hydrogen (secondary N) is 1. The summed E-state index contributed by atoms with van der Waals surface area (Å²) in [5.74, 6) is -0.674. The molecule has 3 aromatic carbocycles. The molecule has 0 saturated carbocycles. The van der Waals surface area contributed by atoms with Crippen molar-refractivity contribution >= 4 is 16.9 Å². The van der Waals surface area contributed by atoms with E-state index in [1.54, 1.807) is 23.8 Å². The van der Waals surface area contributed by atoms with Crippen molar-refractivity contribution < 1.29 is 19.0 Å². The highest BCUT2D eigenvalue weighted by Crippen LogP contribution is 2.30. The summed E-state index contributed by atoms with van der Waals surface area (Å²) >= 11 is 0. The molecule has 164 valence electrons. The van der Waals surface area contributed by atoms with E-state index in [1.165, 1.54) is 17.7 Å². The van der Waals surface area contributed by atoms with Crippen LogP contribution in [-0.4, -0.2) is 29.3 Å². The number of rotatable bonds is 9. The van der Waals surface area contributed by atoms with Crippen LogP contribution < -0.4 is 10.1 Å². The van der Waals surface area contributed by atoms with E-state index in [1.807, 2.05) is 36.4 Å². The van der Waals surface area contributed by atoms with E-state index in [2.05, 4.69) is 17.4 Å². The monoisotopic (exact) mass is 432 g/mol. The van der Waals surface area contributed by atoms with Gasteiger partial charge in [0.25, 0.3) is 0 Å². The number of carboxylic acid groups (broad SMARTS) is 1. The van der Waals surface area contributed by atoms with Crippen molar-refractivity contribution in [3.05, 3.63) is 101 Å². The molecular formula is C26H25FN2O3. The van der Waals surface area contributed by atoms with Crippen LogP contribution in [-0.2, 0) is 19.5 Å². The fourth-order valence-electron chi connectivity index (χ4n) is 3.98. The number of halogens is 1. The van der Waals surface area contributed by atoms with E-state index in [0.717, 1.165) is 35.0 Å². The zero-order chi connectivity index (χ0) is 22.5. The summed E-state index contributed by atoms with van der Waals surface area (Å²) in [4.78, 5) is 12.3. The Balaban J connectivity index is 1.68. The van der Waals surface area contributed by atoms with Gasteiger partial charge in [-0.1, -0.05) is 42.5 Å². The van der Waals surface area contributed by atoms with Crippen molar-refractivity contribution in [2.24, 2.45) is 0 Å². The highest BCUT2D eigenvalue weighted by atomic mass is 19.1. The first kappa shape index (κ1) is 21.6. The zero-order valence-corrected chi connectivity index (χ0v) is 17.8. The molecule has 4 rings (SSSR count). The SMILES string of the molecule is COc1ccc2c(CNCCc3ccccc3)c(C(=O)O)n(Cc3ccc(F)cc3)c2c1. The van der Waals surface area contributed by atoms with Gasteiger partial charge in [-0.2, -0.15) is 0 Å². The quantitative estimate of drug-likeness (QED) is 0.371. The minimum atomic E-state index is -0.998. The molecule has 0 aliphatic carbocycles. The van der Waals surface area contributed by atoms with Gasteiger partial charge in [0, 0.05) is 30.1 Å². The summed E-state index contributed by atoms with van der Waals surface area (Å²) in [7, 11) is 1.58. The Bertz CT molecular complexity index is 1220. The number of aromatic nitrogens is 1. The summed E-state index contributed by atoms with van der Waals surface area (Å²) in [5, 5.41) is 14.3. The number of aromatic carboxylic acids is 1. The molecular weight excluding hydrogens is 407 g/mol. The van der Waals surface area contributed by atoms with Crippen molar-refractivity contribution in [2.45, 2.75) is 19.5 Å². The van der Waals surface area contributed by atoms with Crippen LogP contribution in [0.15, 0.2) is 72.8 Å². The van der Waals surface area contributed by atoms with Gasteiger partial charge in [-0.15, -0.1) is 0 Å². The second kappa shape index (κ2) is 9.66. The molecule has 0 atom stereocenters. The summed E-state index contributed by atoms with van der Waals surface area (Å²) < 4.78 is 20.5. The predicted molar refractivity (Wildman–Crippen MR) is 123 cm³/mol. The lowest BCUT2D eigenvalue weighted by molar-refractivity contribution is 0.0684. The molecule has 32 heavy (non-hydrogen) atoms. The summed E-state index contributed by atoms with van der Waals surface area (Å²) in [6.07, 6.45) is 0.852. The number of methoxy groups -OCH3 is 1. The summed E-state index contributed by atoms with van der Waals surface area (Å²) in [5.41, 5.74) is 3.76. The Morgan fingerprint density at radius 2 is 1.78 bits per heavy atom. The topological polar surface area (TPSA) is 63.5 Å². The third-order valence-electron chi connectivity index (χ3n) is 5.57. The largest absolute Gasteiger partial charge is 0.497 e. The molecule has 1 heterocycles. The maximum absolute atomic E-state index is 13.4. The highest BCUT2D eigenvalue weighted by molar-refractivity contribution is 5.98. The average molecular weight is 432 g/mol. The first-order valence-corrected chi connectivity index (χ1v) is 10.5. The average Bonchev–Trinajstić information content (AvgIpc) is 3.11. The highest BCUT2D eigenvalue weighted by Gasteiger charge is 2.22. The van der Waals surface area contributed by atoms with Crippen molar-refractivity contribution in [1.29, 1.82) is 0 Å². The van der Waals surface area contributed by atoms with Gasteiger partial charge in [-0.25, -0.2) is 9.18 Å². The van der Waals surface area contributed by atoms with Crippen LogP contribution in [0.2, 0.25) is 0 Å².